The zero-order valence-corrected chi connectivity index (χ0v) is 7.83. The Morgan fingerprint density at radius 3 is 2.38 bits per heavy atom. The molecule has 0 aromatic heterocycles. The molecule has 1 heteroatoms. The molecule has 1 aliphatic carbocycles. The first-order valence-electron chi connectivity index (χ1n) is 4.90. The Balaban J connectivity index is 1.67. The molecule has 0 heterocycles. The lowest BCUT2D eigenvalue weighted by molar-refractivity contribution is 0.116. The zero-order chi connectivity index (χ0) is 8.93. The fourth-order valence-corrected chi connectivity index (χ4v) is 1.46. The van der Waals surface area contributed by atoms with Crippen LogP contribution in [0.2, 0.25) is 0 Å². The minimum absolute atomic E-state index is 0.754. The lowest BCUT2D eigenvalue weighted by atomic mass is 9.86. The van der Waals surface area contributed by atoms with E-state index in [2.05, 4.69) is 24.3 Å². The average Bonchev–Trinajstić information content (AvgIpc) is 2.11. The van der Waals surface area contributed by atoms with Crippen molar-refractivity contribution in [3.05, 3.63) is 41.8 Å². The van der Waals surface area contributed by atoms with Gasteiger partial charge in [0.1, 0.15) is 0 Å². The van der Waals surface area contributed by atoms with Gasteiger partial charge in [-0.2, -0.15) is 0 Å². The maximum absolute atomic E-state index is 5.59. The summed E-state index contributed by atoms with van der Waals surface area (Å²) in [5, 5.41) is 0. The van der Waals surface area contributed by atoms with Crippen molar-refractivity contribution < 1.29 is 4.74 Å². The molecular formula is C12H15O. The van der Waals surface area contributed by atoms with Crippen molar-refractivity contribution in [2.24, 2.45) is 0 Å². The molecular weight excluding hydrogens is 160 g/mol. The molecule has 0 saturated heterocycles. The molecule has 1 saturated carbocycles. The van der Waals surface area contributed by atoms with Crippen molar-refractivity contribution in [3.8, 4) is 0 Å². The third-order valence-corrected chi connectivity index (χ3v) is 2.48. The number of rotatable bonds is 4. The van der Waals surface area contributed by atoms with Crippen molar-refractivity contribution in [1.29, 1.82) is 0 Å². The van der Waals surface area contributed by atoms with Crippen LogP contribution in [-0.4, -0.2) is 6.61 Å². The molecule has 13 heavy (non-hydrogen) atoms. The summed E-state index contributed by atoms with van der Waals surface area (Å²) in [5.74, 6) is 1.58. The van der Waals surface area contributed by atoms with Crippen molar-refractivity contribution >= 4 is 0 Å². The molecule has 1 aromatic carbocycles. The maximum atomic E-state index is 5.59. The second-order valence-electron chi connectivity index (χ2n) is 3.58. The Hall–Kier alpha value is -0.820. The van der Waals surface area contributed by atoms with Gasteiger partial charge in [0.25, 0.3) is 0 Å². The molecule has 1 aliphatic rings. The Labute approximate surface area is 79.7 Å². The average molecular weight is 175 g/mol. The zero-order valence-electron chi connectivity index (χ0n) is 7.83. The highest BCUT2D eigenvalue weighted by Gasteiger charge is 2.17. The SMILES string of the molecule is c1ccc(COC[C]2CCC2)cc1. The normalized spacial score (nSPS) is 16.9. The smallest absolute Gasteiger partial charge is 0.0717 e. The summed E-state index contributed by atoms with van der Waals surface area (Å²) in [7, 11) is 0. The summed E-state index contributed by atoms with van der Waals surface area (Å²) < 4.78 is 5.59. The minimum atomic E-state index is 0.754. The van der Waals surface area contributed by atoms with Crippen LogP contribution in [0.25, 0.3) is 0 Å². The van der Waals surface area contributed by atoms with Crippen LogP contribution in [0.1, 0.15) is 24.8 Å². The van der Waals surface area contributed by atoms with Crippen molar-refractivity contribution in [2.75, 3.05) is 6.61 Å². The van der Waals surface area contributed by atoms with E-state index in [1.54, 1.807) is 5.92 Å². The van der Waals surface area contributed by atoms with Gasteiger partial charge in [0.2, 0.25) is 0 Å². The predicted octanol–water partition coefficient (Wildman–Crippen LogP) is 2.96. The van der Waals surface area contributed by atoms with Crippen LogP contribution in [0, 0.1) is 5.92 Å². The second kappa shape index (κ2) is 4.43. The Kier molecular flexibility index (Phi) is 2.98. The molecule has 2 rings (SSSR count). The molecule has 69 valence electrons. The molecule has 0 aliphatic heterocycles. The summed E-state index contributed by atoms with van der Waals surface area (Å²) in [5.41, 5.74) is 1.27. The van der Waals surface area contributed by atoms with Crippen LogP contribution >= 0.6 is 0 Å². The lowest BCUT2D eigenvalue weighted by Crippen LogP contribution is -2.14. The first kappa shape index (κ1) is 8.76. The Morgan fingerprint density at radius 2 is 1.77 bits per heavy atom. The second-order valence-corrected chi connectivity index (χ2v) is 3.58. The molecule has 1 radical (unpaired) electrons. The van der Waals surface area contributed by atoms with E-state index in [9.17, 15) is 0 Å². The van der Waals surface area contributed by atoms with Gasteiger partial charge in [-0.1, -0.05) is 36.8 Å². The van der Waals surface area contributed by atoms with Crippen molar-refractivity contribution in [3.63, 3.8) is 0 Å². The third-order valence-electron chi connectivity index (χ3n) is 2.48. The number of hydrogen-bond acceptors (Lipinski definition) is 1. The van der Waals surface area contributed by atoms with Gasteiger partial charge in [0.05, 0.1) is 13.2 Å². The molecule has 0 atom stereocenters. The molecule has 0 unspecified atom stereocenters. The monoisotopic (exact) mass is 175 g/mol. The van der Waals surface area contributed by atoms with Gasteiger partial charge in [0.15, 0.2) is 0 Å². The van der Waals surface area contributed by atoms with Crippen LogP contribution in [-0.2, 0) is 11.3 Å². The van der Waals surface area contributed by atoms with Crippen molar-refractivity contribution in [1.82, 2.24) is 0 Å². The standard InChI is InChI=1S/C12H15O/c1-2-5-11(6-3-1)9-13-10-12-7-4-8-12/h1-3,5-6H,4,7-10H2. The van der Waals surface area contributed by atoms with E-state index in [1.165, 1.54) is 24.8 Å². The summed E-state index contributed by atoms with van der Waals surface area (Å²) in [4.78, 5) is 0. The van der Waals surface area contributed by atoms with Crippen LogP contribution < -0.4 is 0 Å². The molecule has 0 amide bonds. The van der Waals surface area contributed by atoms with Gasteiger partial charge in [-0.3, -0.25) is 0 Å². The Bertz CT molecular complexity index is 239. The number of hydrogen-bond donors (Lipinski definition) is 0. The van der Waals surface area contributed by atoms with Crippen LogP contribution in [0.5, 0.6) is 0 Å². The van der Waals surface area contributed by atoms with Gasteiger partial charge in [-0.05, 0) is 18.4 Å². The highest BCUT2D eigenvalue weighted by Crippen LogP contribution is 2.28. The van der Waals surface area contributed by atoms with E-state index in [-0.39, 0.29) is 0 Å². The minimum Gasteiger partial charge on any atom is -0.376 e. The molecule has 1 fully saturated rings. The summed E-state index contributed by atoms with van der Waals surface area (Å²) in [6.45, 7) is 1.62. The summed E-state index contributed by atoms with van der Waals surface area (Å²) >= 11 is 0. The highest BCUT2D eigenvalue weighted by atomic mass is 16.5. The maximum Gasteiger partial charge on any atom is 0.0717 e. The van der Waals surface area contributed by atoms with Gasteiger partial charge in [0, 0.05) is 5.92 Å². The first-order chi connectivity index (χ1) is 6.45. The molecule has 0 spiro atoms. The summed E-state index contributed by atoms with van der Waals surface area (Å²) in [6.07, 6.45) is 3.94. The van der Waals surface area contributed by atoms with E-state index in [0.717, 1.165) is 13.2 Å². The Morgan fingerprint density at radius 1 is 1.00 bits per heavy atom. The quantitative estimate of drug-likeness (QED) is 0.683. The van der Waals surface area contributed by atoms with Gasteiger partial charge in [-0.15, -0.1) is 0 Å². The summed E-state index contributed by atoms with van der Waals surface area (Å²) in [6, 6.07) is 10.3. The third kappa shape index (κ3) is 2.56. The van der Waals surface area contributed by atoms with Gasteiger partial charge < -0.3 is 4.74 Å². The lowest BCUT2D eigenvalue weighted by Gasteiger charge is -2.24. The van der Waals surface area contributed by atoms with E-state index in [4.69, 9.17) is 4.74 Å². The van der Waals surface area contributed by atoms with Crippen LogP contribution in [0.4, 0.5) is 0 Å². The van der Waals surface area contributed by atoms with E-state index < -0.39 is 0 Å². The fraction of sp³-hybridized carbons (Fsp3) is 0.417. The van der Waals surface area contributed by atoms with E-state index in [0.29, 0.717) is 0 Å². The molecule has 1 aromatic rings. The number of benzene rings is 1. The van der Waals surface area contributed by atoms with Crippen LogP contribution in [0.15, 0.2) is 30.3 Å². The largest absolute Gasteiger partial charge is 0.376 e. The van der Waals surface area contributed by atoms with Gasteiger partial charge in [-0.25, -0.2) is 0 Å². The molecule has 0 bridgehead atoms. The van der Waals surface area contributed by atoms with Crippen molar-refractivity contribution in [2.45, 2.75) is 25.9 Å². The molecule has 0 N–H and O–H groups in total. The van der Waals surface area contributed by atoms with E-state index >= 15 is 0 Å². The number of ether oxygens (including phenoxy) is 1. The highest BCUT2D eigenvalue weighted by molar-refractivity contribution is 5.13. The fourth-order valence-electron chi connectivity index (χ4n) is 1.46. The first-order valence-corrected chi connectivity index (χ1v) is 4.90. The van der Waals surface area contributed by atoms with E-state index in [1.807, 2.05) is 6.07 Å². The van der Waals surface area contributed by atoms with Crippen LogP contribution in [0.3, 0.4) is 0 Å². The van der Waals surface area contributed by atoms with Gasteiger partial charge >= 0.3 is 0 Å². The predicted molar refractivity (Wildman–Crippen MR) is 53.2 cm³/mol. The molecule has 1 nitrogen and oxygen atoms in total. The topological polar surface area (TPSA) is 9.23 Å².